The molecule has 0 unspecified atom stereocenters. The van der Waals surface area contributed by atoms with Crippen molar-refractivity contribution in [2.45, 2.75) is 0 Å². The number of hydrogen-bond acceptors (Lipinski definition) is 8. The average Bonchev–Trinajstić information content (AvgIpc) is 2.49. The molecular weight excluding hydrogens is 346 g/mol. The molecule has 0 aliphatic carbocycles. The number of hydrazine groups is 1. The van der Waals surface area contributed by atoms with Crippen LogP contribution in [0.15, 0.2) is 28.9 Å². The number of rotatable bonds is 5. The fourth-order valence-electron chi connectivity index (χ4n) is 1.46. The van der Waals surface area contributed by atoms with Crippen LogP contribution in [0.25, 0.3) is 0 Å². The van der Waals surface area contributed by atoms with Gasteiger partial charge in [0.25, 0.3) is 5.69 Å². The first-order valence-corrected chi connectivity index (χ1v) is 6.34. The largest absolute Gasteiger partial charge is 0.493 e. The van der Waals surface area contributed by atoms with Crippen LogP contribution in [0.5, 0.6) is 17.4 Å². The summed E-state index contributed by atoms with van der Waals surface area (Å²) in [7, 11) is 1.43. The Hall–Kier alpha value is -2.46. The van der Waals surface area contributed by atoms with Crippen LogP contribution < -0.4 is 20.7 Å². The molecule has 1 aromatic heterocycles. The number of nitro groups is 1. The summed E-state index contributed by atoms with van der Waals surface area (Å²) < 4.78 is 11.1. The van der Waals surface area contributed by atoms with Crippen molar-refractivity contribution < 1.29 is 14.4 Å². The van der Waals surface area contributed by atoms with E-state index in [2.05, 4.69) is 31.3 Å². The summed E-state index contributed by atoms with van der Waals surface area (Å²) in [6.45, 7) is 0. The molecule has 0 radical (unpaired) electrons. The topological polar surface area (TPSA) is 125 Å². The van der Waals surface area contributed by atoms with E-state index >= 15 is 0 Å². The maximum atomic E-state index is 10.8. The van der Waals surface area contributed by atoms with Crippen LogP contribution >= 0.6 is 15.9 Å². The van der Waals surface area contributed by atoms with Gasteiger partial charge in [0.2, 0.25) is 11.8 Å². The molecule has 1 aromatic carbocycles. The van der Waals surface area contributed by atoms with Crippen LogP contribution in [-0.4, -0.2) is 22.0 Å². The lowest BCUT2D eigenvalue weighted by Gasteiger charge is -2.11. The number of nitro benzene ring substituents is 1. The second kappa shape index (κ2) is 6.33. The summed E-state index contributed by atoms with van der Waals surface area (Å²) in [5, 5.41) is 10.8. The molecule has 0 fully saturated rings. The number of aromatic nitrogens is 2. The molecule has 0 amide bonds. The van der Waals surface area contributed by atoms with Crippen LogP contribution in [-0.2, 0) is 0 Å². The van der Waals surface area contributed by atoms with Crippen molar-refractivity contribution in [3.8, 4) is 17.4 Å². The molecule has 110 valence electrons. The summed E-state index contributed by atoms with van der Waals surface area (Å²) in [5.41, 5.74) is 2.14. The normalized spacial score (nSPS) is 10.0. The maximum absolute atomic E-state index is 10.8. The van der Waals surface area contributed by atoms with E-state index < -0.39 is 4.92 Å². The number of benzene rings is 1. The Bertz CT molecular complexity index is 682. The molecule has 0 spiro atoms. The van der Waals surface area contributed by atoms with Gasteiger partial charge in [-0.1, -0.05) is 0 Å². The lowest BCUT2D eigenvalue weighted by molar-refractivity contribution is -0.384. The van der Waals surface area contributed by atoms with E-state index in [0.29, 0.717) is 10.2 Å². The van der Waals surface area contributed by atoms with Gasteiger partial charge in [0.15, 0.2) is 11.5 Å². The van der Waals surface area contributed by atoms with Crippen LogP contribution in [0.1, 0.15) is 0 Å². The van der Waals surface area contributed by atoms with Crippen molar-refractivity contribution >= 4 is 27.6 Å². The van der Waals surface area contributed by atoms with E-state index in [0.717, 1.165) is 0 Å². The smallest absolute Gasteiger partial charge is 0.273 e. The number of ether oxygens (including phenoxy) is 2. The monoisotopic (exact) mass is 355 g/mol. The fourth-order valence-corrected chi connectivity index (χ4v) is 1.73. The summed E-state index contributed by atoms with van der Waals surface area (Å²) >= 11 is 3.22. The van der Waals surface area contributed by atoms with Gasteiger partial charge in [-0.15, -0.1) is 0 Å². The number of hydrogen-bond donors (Lipinski definition) is 2. The molecule has 3 N–H and O–H groups in total. The second-order valence-electron chi connectivity index (χ2n) is 3.69. The zero-order valence-electron chi connectivity index (χ0n) is 10.7. The Morgan fingerprint density at radius 2 is 2.19 bits per heavy atom. The third kappa shape index (κ3) is 3.35. The quantitative estimate of drug-likeness (QED) is 0.475. The van der Waals surface area contributed by atoms with Crippen LogP contribution in [0.4, 0.5) is 11.6 Å². The number of nitrogens with two attached hydrogens (primary N) is 1. The highest BCUT2D eigenvalue weighted by Gasteiger charge is 2.15. The van der Waals surface area contributed by atoms with Gasteiger partial charge in [-0.25, -0.2) is 10.8 Å². The number of halogens is 1. The van der Waals surface area contributed by atoms with Crippen LogP contribution in [0.2, 0.25) is 0 Å². The first-order valence-electron chi connectivity index (χ1n) is 5.54. The standard InChI is InChI=1S/C11H10BrN5O4/c1-20-8-3-2-6(17(18)19)4-9(8)21-10-7(12)5-14-11(15-10)16-13/h2-5H,13H2,1H3,(H,14,15,16). The van der Waals surface area contributed by atoms with Crippen molar-refractivity contribution in [2.75, 3.05) is 12.5 Å². The van der Waals surface area contributed by atoms with Gasteiger partial charge < -0.3 is 9.47 Å². The molecule has 2 rings (SSSR count). The SMILES string of the molecule is COc1ccc([N+](=O)[O-])cc1Oc1nc(NN)ncc1Br. The van der Waals surface area contributed by atoms with E-state index in [9.17, 15) is 10.1 Å². The Kier molecular flexibility index (Phi) is 4.50. The minimum Gasteiger partial charge on any atom is -0.493 e. The minimum absolute atomic E-state index is 0.131. The lowest BCUT2D eigenvalue weighted by Crippen LogP contribution is -2.10. The predicted molar refractivity (Wildman–Crippen MR) is 77.3 cm³/mol. The zero-order valence-corrected chi connectivity index (χ0v) is 12.3. The van der Waals surface area contributed by atoms with Crippen molar-refractivity contribution in [3.63, 3.8) is 0 Å². The minimum atomic E-state index is -0.534. The number of nitrogen functional groups attached to an aromatic ring is 1. The highest BCUT2D eigenvalue weighted by molar-refractivity contribution is 9.10. The summed E-state index contributed by atoms with van der Waals surface area (Å²) in [6.07, 6.45) is 1.43. The molecule has 9 nitrogen and oxygen atoms in total. The Labute approximate surface area is 127 Å². The Balaban J connectivity index is 2.42. The highest BCUT2D eigenvalue weighted by atomic mass is 79.9. The third-order valence-corrected chi connectivity index (χ3v) is 2.95. The van der Waals surface area contributed by atoms with Crippen molar-refractivity contribution in [1.29, 1.82) is 0 Å². The molecule has 2 aromatic rings. The summed E-state index contributed by atoms with van der Waals surface area (Å²) in [6, 6.07) is 3.99. The van der Waals surface area contributed by atoms with Gasteiger partial charge in [0.1, 0.15) is 0 Å². The third-order valence-electron chi connectivity index (χ3n) is 2.41. The first kappa shape index (κ1) is 14.9. The molecule has 10 heteroatoms. The number of nitrogens with zero attached hydrogens (tertiary/aromatic N) is 3. The number of anilines is 1. The van der Waals surface area contributed by atoms with E-state index in [1.54, 1.807) is 0 Å². The van der Waals surface area contributed by atoms with Gasteiger partial charge in [0.05, 0.1) is 28.8 Å². The van der Waals surface area contributed by atoms with Crippen molar-refractivity contribution in [2.24, 2.45) is 5.84 Å². The average molecular weight is 356 g/mol. The van der Waals surface area contributed by atoms with E-state index in [1.165, 1.54) is 31.5 Å². The molecule has 0 aliphatic heterocycles. The molecule has 0 aliphatic rings. The summed E-state index contributed by atoms with van der Waals surface area (Å²) in [4.78, 5) is 18.2. The molecule has 0 saturated carbocycles. The van der Waals surface area contributed by atoms with Crippen molar-refractivity contribution in [3.05, 3.63) is 39.0 Å². The predicted octanol–water partition coefficient (Wildman–Crippen LogP) is 2.23. The van der Waals surface area contributed by atoms with Gasteiger partial charge in [-0.3, -0.25) is 15.5 Å². The van der Waals surface area contributed by atoms with Crippen molar-refractivity contribution in [1.82, 2.24) is 9.97 Å². The Morgan fingerprint density at radius 3 is 2.81 bits per heavy atom. The van der Waals surface area contributed by atoms with E-state index in [-0.39, 0.29) is 23.3 Å². The van der Waals surface area contributed by atoms with E-state index in [1.807, 2.05) is 0 Å². The molecule has 0 atom stereocenters. The zero-order chi connectivity index (χ0) is 15.4. The van der Waals surface area contributed by atoms with Crippen LogP contribution in [0, 0.1) is 10.1 Å². The molecule has 0 bridgehead atoms. The Morgan fingerprint density at radius 1 is 1.43 bits per heavy atom. The maximum Gasteiger partial charge on any atom is 0.273 e. The van der Waals surface area contributed by atoms with E-state index in [4.69, 9.17) is 15.3 Å². The fraction of sp³-hybridized carbons (Fsp3) is 0.0909. The van der Waals surface area contributed by atoms with Gasteiger partial charge >= 0.3 is 0 Å². The number of methoxy groups -OCH3 is 1. The lowest BCUT2D eigenvalue weighted by atomic mass is 10.3. The van der Waals surface area contributed by atoms with Crippen LogP contribution in [0.3, 0.4) is 0 Å². The molecule has 0 saturated heterocycles. The highest BCUT2D eigenvalue weighted by Crippen LogP contribution is 2.36. The number of nitrogens with one attached hydrogen (secondary N) is 1. The van der Waals surface area contributed by atoms with Gasteiger partial charge in [-0.2, -0.15) is 4.98 Å². The van der Waals surface area contributed by atoms with Gasteiger partial charge in [0, 0.05) is 6.07 Å². The first-order chi connectivity index (χ1) is 10.0. The molecule has 21 heavy (non-hydrogen) atoms. The summed E-state index contributed by atoms with van der Waals surface area (Å²) in [5.74, 6) is 5.97. The molecule has 1 heterocycles. The van der Waals surface area contributed by atoms with Gasteiger partial charge in [-0.05, 0) is 22.0 Å². The molecular formula is C11H10BrN5O4. The number of non-ortho nitro benzene ring substituents is 1. The second-order valence-corrected chi connectivity index (χ2v) is 4.54.